The molecular formula is C26H26ClF3N2O7S. The van der Waals surface area contributed by atoms with Crippen LogP contribution in [-0.4, -0.2) is 55.8 Å². The number of amides is 2. The molecule has 2 fully saturated rings. The fraction of sp³-hybridized carbons (Fsp3) is 0.423. The summed E-state index contributed by atoms with van der Waals surface area (Å²) in [6.45, 7) is -0.356. The van der Waals surface area contributed by atoms with Crippen LogP contribution in [-0.2, 0) is 24.2 Å². The predicted molar refractivity (Wildman–Crippen MR) is 137 cm³/mol. The van der Waals surface area contributed by atoms with Crippen molar-refractivity contribution in [2.24, 2.45) is 11.8 Å². The first-order chi connectivity index (χ1) is 18.8. The number of sulfone groups is 1. The van der Waals surface area contributed by atoms with Gasteiger partial charge in [0, 0.05) is 23.4 Å². The van der Waals surface area contributed by atoms with Crippen molar-refractivity contribution in [1.82, 2.24) is 5.32 Å². The summed E-state index contributed by atoms with van der Waals surface area (Å²) in [7, 11) is -2.95. The number of benzene rings is 2. The zero-order chi connectivity index (χ0) is 29.4. The van der Waals surface area contributed by atoms with E-state index in [1.165, 1.54) is 19.2 Å². The molecule has 2 aromatic carbocycles. The molecule has 0 heterocycles. The Balaban J connectivity index is 1.51. The maximum absolute atomic E-state index is 13.7. The minimum absolute atomic E-state index is 0.0422. The van der Waals surface area contributed by atoms with Gasteiger partial charge in [0.15, 0.2) is 27.3 Å². The average Bonchev–Trinajstić information content (AvgIpc) is 3.06. The summed E-state index contributed by atoms with van der Waals surface area (Å²) in [4.78, 5) is 36.1. The monoisotopic (exact) mass is 602 g/mol. The van der Waals surface area contributed by atoms with E-state index in [9.17, 15) is 41.1 Å². The fourth-order valence-corrected chi connectivity index (χ4v) is 7.99. The van der Waals surface area contributed by atoms with E-state index in [1.807, 2.05) is 0 Å². The lowest BCUT2D eigenvalue weighted by atomic mass is 9.72. The third kappa shape index (κ3) is 5.81. The SMILES string of the molecule is COC(=O)CNC(=O)CC1(O)C2CC[C@H]1CC(S(=O)(=O)c1cc(C(=O)Nc3cc(F)c(F)c(F)c3)ccc1Cl)C2. The number of esters is 1. The molecule has 2 aromatic rings. The van der Waals surface area contributed by atoms with Gasteiger partial charge in [0.25, 0.3) is 5.91 Å². The topological polar surface area (TPSA) is 139 Å². The number of ether oxygens (including phenoxy) is 1. The number of anilines is 1. The van der Waals surface area contributed by atoms with Crippen LogP contribution >= 0.6 is 11.6 Å². The van der Waals surface area contributed by atoms with E-state index in [2.05, 4.69) is 15.4 Å². The van der Waals surface area contributed by atoms with Crippen LogP contribution in [0.5, 0.6) is 0 Å². The van der Waals surface area contributed by atoms with Gasteiger partial charge >= 0.3 is 5.97 Å². The van der Waals surface area contributed by atoms with Crippen molar-refractivity contribution in [2.75, 3.05) is 19.0 Å². The maximum Gasteiger partial charge on any atom is 0.325 e. The van der Waals surface area contributed by atoms with Crippen molar-refractivity contribution >= 4 is 44.9 Å². The van der Waals surface area contributed by atoms with Crippen LogP contribution in [0.3, 0.4) is 0 Å². The minimum Gasteiger partial charge on any atom is -0.468 e. The predicted octanol–water partition coefficient (Wildman–Crippen LogP) is 3.38. The van der Waals surface area contributed by atoms with Gasteiger partial charge in [-0.25, -0.2) is 21.6 Å². The van der Waals surface area contributed by atoms with Crippen LogP contribution in [0.1, 0.15) is 42.5 Å². The average molecular weight is 603 g/mol. The largest absolute Gasteiger partial charge is 0.468 e. The molecule has 0 saturated heterocycles. The van der Waals surface area contributed by atoms with Crippen molar-refractivity contribution in [2.45, 2.75) is 47.9 Å². The third-order valence-corrected chi connectivity index (χ3v) is 10.3. The van der Waals surface area contributed by atoms with E-state index in [0.717, 1.165) is 6.07 Å². The highest BCUT2D eigenvalue weighted by Crippen LogP contribution is 2.53. The van der Waals surface area contributed by atoms with Crippen molar-refractivity contribution < 1.29 is 45.8 Å². The lowest BCUT2D eigenvalue weighted by Crippen LogP contribution is -2.51. The molecule has 2 saturated carbocycles. The van der Waals surface area contributed by atoms with E-state index in [0.29, 0.717) is 25.0 Å². The van der Waals surface area contributed by atoms with Crippen LogP contribution < -0.4 is 10.6 Å². The molecule has 2 amide bonds. The van der Waals surface area contributed by atoms with E-state index in [1.54, 1.807) is 0 Å². The highest BCUT2D eigenvalue weighted by Gasteiger charge is 2.56. The summed E-state index contributed by atoms with van der Waals surface area (Å²) < 4.78 is 72.1. The molecule has 2 aliphatic carbocycles. The van der Waals surface area contributed by atoms with Crippen LogP contribution in [0.2, 0.25) is 5.02 Å². The number of halogens is 4. The second kappa shape index (κ2) is 11.4. The van der Waals surface area contributed by atoms with E-state index < -0.39 is 67.8 Å². The standard InChI is InChI=1S/C26H26ClF3N2O7S/c1-39-23(34)12-31-22(33)11-26(36)14-3-4-15(26)8-17(7-14)40(37,38)21-6-13(2-5-18(21)27)25(35)32-16-9-19(28)24(30)20(29)10-16/h2,5-6,9-10,14-15,17,36H,3-4,7-8,11-12H2,1H3,(H,31,33)(H,32,35)/t14-,15?,17?,26?/m0/s1. The molecule has 0 spiro atoms. The van der Waals surface area contributed by atoms with Crippen molar-refractivity contribution in [3.05, 3.63) is 58.4 Å². The van der Waals surface area contributed by atoms with Gasteiger partial charge in [-0.15, -0.1) is 0 Å². The van der Waals surface area contributed by atoms with Crippen molar-refractivity contribution in [1.29, 1.82) is 0 Å². The second-order valence-electron chi connectivity index (χ2n) is 9.98. The molecule has 0 radical (unpaired) electrons. The zero-order valence-electron chi connectivity index (χ0n) is 21.2. The van der Waals surface area contributed by atoms with Gasteiger partial charge in [-0.05, 0) is 55.7 Å². The number of rotatable bonds is 8. The highest BCUT2D eigenvalue weighted by atomic mass is 35.5. The normalized spacial score (nSPS) is 23.9. The molecule has 14 heteroatoms. The first-order valence-corrected chi connectivity index (χ1v) is 14.2. The summed E-state index contributed by atoms with van der Waals surface area (Å²) in [5.74, 6) is -7.86. The molecule has 0 aromatic heterocycles. The quantitative estimate of drug-likeness (QED) is 0.311. The number of nitrogens with one attached hydrogen (secondary N) is 2. The highest BCUT2D eigenvalue weighted by molar-refractivity contribution is 7.92. The summed E-state index contributed by atoms with van der Waals surface area (Å²) in [6, 6.07) is 4.64. The fourth-order valence-electron chi connectivity index (χ4n) is 5.59. The number of methoxy groups -OCH3 is 1. The van der Waals surface area contributed by atoms with Gasteiger partial charge in [-0.2, -0.15) is 0 Å². The van der Waals surface area contributed by atoms with Crippen LogP contribution in [0.15, 0.2) is 35.2 Å². The Kier molecular flexibility index (Phi) is 8.48. The van der Waals surface area contributed by atoms with Gasteiger partial charge in [0.05, 0.1) is 34.3 Å². The maximum atomic E-state index is 13.7. The van der Waals surface area contributed by atoms with Crippen LogP contribution in [0.25, 0.3) is 0 Å². The molecule has 40 heavy (non-hydrogen) atoms. The van der Waals surface area contributed by atoms with Crippen molar-refractivity contribution in [3.8, 4) is 0 Å². The Morgan fingerprint density at radius 2 is 1.68 bits per heavy atom. The van der Waals surface area contributed by atoms with Gasteiger partial charge < -0.3 is 20.5 Å². The molecular weight excluding hydrogens is 577 g/mol. The molecule has 2 bridgehead atoms. The lowest BCUT2D eigenvalue weighted by Gasteiger charge is -2.42. The third-order valence-electron chi connectivity index (χ3n) is 7.65. The molecule has 4 atom stereocenters. The molecule has 3 unspecified atom stereocenters. The van der Waals surface area contributed by atoms with E-state index >= 15 is 0 Å². The molecule has 4 rings (SSSR count). The number of hydrogen-bond acceptors (Lipinski definition) is 7. The smallest absolute Gasteiger partial charge is 0.325 e. The first kappa shape index (κ1) is 29.8. The van der Waals surface area contributed by atoms with Crippen LogP contribution in [0, 0.1) is 29.3 Å². The summed E-state index contributed by atoms with van der Waals surface area (Å²) in [6.07, 6.45) is 0.783. The molecule has 216 valence electrons. The summed E-state index contributed by atoms with van der Waals surface area (Å²) >= 11 is 6.22. The summed E-state index contributed by atoms with van der Waals surface area (Å²) in [5.41, 5.74) is -2.00. The Bertz CT molecular complexity index is 1430. The number of carbonyl (C=O) groups excluding carboxylic acids is 3. The Labute approximate surface area is 233 Å². The van der Waals surface area contributed by atoms with Crippen LogP contribution in [0.4, 0.5) is 18.9 Å². The summed E-state index contributed by atoms with van der Waals surface area (Å²) in [5, 5.41) is 14.8. The molecule has 2 aliphatic rings. The second-order valence-corrected chi connectivity index (χ2v) is 12.6. The van der Waals surface area contributed by atoms with Gasteiger partial charge in [0.2, 0.25) is 5.91 Å². The minimum atomic E-state index is -4.12. The number of carbonyl (C=O) groups is 3. The molecule has 3 N–H and O–H groups in total. The Morgan fingerprint density at radius 3 is 2.25 bits per heavy atom. The first-order valence-electron chi connectivity index (χ1n) is 12.3. The Morgan fingerprint density at radius 1 is 1.07 bits per heavy atom. The number of aliphatic hydroxyl groups is 1. The zero-order valence-corrected chi connectivity index (χ0v) is 22.8. The molecule has 0 aliphatic heterocycles. The Hall–Kier alpha value is -3.16. The van der Waals surface area contributed by atoms with Gasteiger partial charge in [-0.3, -0.25) is 14.4 Å². The number of fused-ring (bicyclic) bond motifs is 2. The van der Waals surface area contributed by atoms with Gasteiger partial charge in [-0.1, -0.05) is 11.6 Å². The van der Waals surface area contributed by atoms with Crippen molar-refractivity contribution in [3.63, 3.8) is 0 Å². The number of hydrogen-bond donors (Lipinski definition) is 3. The molecule has 9 nitrogen and oxygen atoms in total. The van der Waals surface area contributed by atoms with E-state index in [4.69, 9.17) is 11.6 Å². The van der Waals surface area contributed by atoms with Gasteiger partial charge in [0.1, 0.15) is 6.54 Å². The van der Waals surface area contributed by atoms with E-state index in [-0.39, 0.29) is 47.0 Å². The lowest BCUT2D eigenvalue weighted by molar-refractivity contribution is -0.143.